The molecule has 132 valence electrons. The number of hydrogen-bond donors (Lipinski definition) is 2. The zero-order valence-corrected chi connectivity index (χ0v) is 16.5. The molecule has 2 atom stereocenters. The van der Waals surface area contributed by atoms with Crippen molar-refractivity contribution in [2.75, 3.05) is 26.8 Å². The maximum atomic E-state index is 13.1. The Bertz CT molecular complexity index is 474. The normalized spacial score (nSPS) is 13.7. The highest BCUT2D eigenvalue weighted by Gasteiger charge is 2.07. The first-order chi connectivity index (χ1) is 10.5. The summed E-state index contributed by atoms with van der Waals surface area (Å²) < 4.78 is 23.9. The van der Waals surface area contributed by atoms with Crippen molar-refractivity contribution in [3.05, 3.63) is 30.1 Å². The summed E-state index contributed by atoms with van der Waals surface area (Å²) in [7, 11) is 1.66. The van der Waals surface area contributed by atoms with Crippen LogP contribution in [-0.4, -0.2) is 44.9 Å². The van der Waals surface area contributed by atoms with Gasteiger partial charge in [-0.05, 0) is 32.9 Å². The molecule has 0 spiro atoms. The van der Waals surface area contributed by atoms with Crippen LogP contribution in [0.3, 0.4) is 0 Å². The molecule has 23 heavy (non-hydrogen) atoms. The van der Waals surface area contributed by atoms with Crippen LogP contribution in [0.15, 0.2) is 29.3 Å². The summed E-state index contributed by atoms with van der Waals surface area (Å²) in [4.78, 5) is 4.47. The maximum absolute atomic E-state index is 13.1. The molecule has 0 saturated carbocycles. The first kappa shape index (κ1) is 21.9. The number of methoxy groups -OCH3 is 1. The molecule has 0 aliphatic rings. The van der Waals surface area contributed by atoms with E-state index in [0.29, 0.717) is 24.9 Å². The minimum Gasteiger partial charge on any atom is -0.489 e. The minimum absolute atomic E-state index is 0. The Kier molecular flexibility index (Phi) is 11.8. The molecule has 0 aliphatic heterocycles. The summed E-state index contributed by atoms with van der Waals surface area (Å²) in [6.07, 6.45) is -0.157. The summed E-state index contributed by atoms with van der Waals surface area (Å²) >= 11 is 0. The predicted molar refractivity (Wildman–Crippen MR) is 102 cm³/mol. The van der Waals surface area contributed by atoms with Crippen molar-refractivity contribution in [1.82, 2.24) is 10.6 Å². The van der Waals surface area contributed by atoms with E-state index in [9.17, 15) is 4.39 Å². The lowest BCUT2D eigenvalue weighted by Gasteiger charge is -2.18. The first-order valence-electron chi connectivity index (χ1n) is 7.51. The fourth-order valence-corrected chi connectivity index (χ4v) is 1.87. The zero-order valence-electron chi connectivity index (χ0n) is 14.1. The standard InChI is InChI=1S/C16H26FN3O2.HI/c1-5-18-16(20-12(2)11-21-4)19-10-13(3)22-15-8-6-7-14(17)9-15;/h6-9,12-13H,5,10-11H2,1-4H3,(H2,18,19,20);1H. The van der Waals surface area contributed by atoms with Gasteiger partial charge in [0, 0.05) is 25.8 Å². The molecule has 1 aromatic rings. The Morgan fingerprint density at radius 2 is 2.09 bits per heavy atom. The summed E-state index contributed by atoms with van der Waals surface area (Å²) in [5, 5.41) is 6.41. The predicted octanol–water partition coefficient (Wildman–Crippen LogP) is 2.80. The molecule has 1 rings (SSSR count). The van der Waals surface area contributed by atoms with Crippen molar-refractivity contribution in [3.8, 4) is 5.75 Å². The summed E-state index contributed by atoms with van der Waals surface area (Å²) in [5.74, 6) is 0.909. The van der Waals surface area contributed by atoms with Crippen LogP contribution in [-0.2, 0) is 4.74 Å². The van der Waals surface area contributed by atoms with Crippen molar-refractivity contribution < 1.29 is 13.9 Å². The average molecular weight is 439 g/mol. The molecule has 0 heterocycles. The van der Waals surface area contributed by atoms with Crippen LogP contribution in [0.4, 0.5) is 4.39 Å². The lowest BCUT2D eigenvalue weighted by Crippen LogP contribution is -2.44. The van der Waals surface area contributed by atoms with Crippen molar-refractivity contribution >= 4 is 29.9 Å². The lowest BCUT2D eigenvalue weighted by atomic mass is 10.3. The molecule has 5 nitrogen and oxygen atoms in total. The summed E-state index contributed by atoms with van der Waals surface area (Å²) in [6.45, 7) is 7.75. The van der Waals surface area contributed by atoms with Gasteiger partial charge >= 0.3 is 0 Å². The molecule has 2 unspecified atom stereocenters. The zero-order chi connectivity index (χ0) is 16.4. The van der Waals surface area contributed by atoms with E-state index in [4.69, 9.17) is 9.47 Å². The molecule has 0 saturated heterocycles. The van der Waals surface area contributed by atoms with Crippen molar-refractivity contribution in [2.24, 2.45) is 4.99 Å². The van der Waals surface area contributed by atoms with Gasteiger partial charge in [0.25, 0.3) is 0 Å². The van der Waals surface area contributed by atoms with E-state index in [2.05, 4.69) is 15.6 Å². The van der Waals surface area contributed by atoms with Crippen LogP contribution >= 0.6 is 24.0 Å². The number of ether oxygens (including phenoxy) is 2. The summed E-state index contributed by atoms with van der Waals surface area (Å²) in [6, 6.07) is 6.26. The smallest absolute Gasteiger partial charge is 0.191 e. The van der Waals surface area contributed by atoms with Gasteiger partial charge in [0.2, 0.25) is 0 Å². The monoisotopic (exact) mass is 439 g/mol. The van der Waals surface area contributed by atoms with Crippen LogP contribution in [0.25, 0.3) is 0 Å². The molecular formula is C16H27FIN3O2. The molecule has 0 aliphatic carbocycles. The third kappa shape index (κ3) is 9.60. The second kappa shape index (κ2) is 12.3. The number of nitrogens with one attached hydrogen (secondary N) is 2. The highest BCUT2D eigenvalue weighted by Crippen LogP contribution is 2.13. The van der Waals surface area contributed by atoms with Crippen LogP contribution in [0.2, 0.25) is 0 Å². The van der Waals surface area contributed by atoms with Gasteiger partial charge < -0.3 is 20.1 Å². The van der Waals surface area contributed by atoms with E-state index >= 15 is 0 Å². The Balaban J connectivity index is 0.00000484. The molecular weight excluding hydrogens is 412 g/mol. The number of benzene rings is 1. The van der Waals surface area contributed by atoms with E-state index in [1.54, 1.807) is 19.2 Å². The van der Waals surface area contributed by atoms with Gasteiger partial charge in [0.15, 0.2) is 5.96 Å². The van der Waals surface area contributed by atoms with Crippen molar-refractivity contribution in [1.29, 1.82) is 0 Å². The van der Waals surface area contributed by atoms with Crippen molar-refractivity contribution in [2.45, 2.75) is 32.9 Å². The highest BCUT2D eigenvalue weighted by molar-refractivity contribution is 14.0. The lowest BCUT2D eigenvalue weighted by molar-refractivity contribution is 0.179. The largest absolute Gasteiger partial charge is 0.489 e. The van der Waals surface area contributed by atoms with Gasteiger partial charge in [-0.2, -0.15) is 0 Å². The van der Waals surface area contributed by atoms with E-state index in [1.165, 1.54) is 12.1 Å². The minimum atomic E-state index is -0.309. The number of guanidine groups is 1. The van der Waals surface area contributed by atoms with Gasteiger partial charge in [0.1, 0.15) is 17.7 Å². The van der Waals surface area contributed by atoms with Crippen molar-refractivity contribution in [3.63, 3.8) is 0 Å². The van der Waals surface area contributed by atoms with E-state index in [0.717, 1.165) is 6.54 Å². The fraction of sp³-hybridized carbons (Fsp3) is 0.562. The quantitative estimate of drug-likeness (QED) is 0.372. The second-order valence-electron chi connectivity index (χ2n) is 5.11. The Hall–Kier alpha value is -1.09. The molecule has 0 bridgehead atoms. The molecule has 1 aromatic carbocycles. The number of rotatable bonds is 8. The Morgan fingerprint density at radius 1 is 1.35 bits per heavy atom. The molecule has 2 N–H and O–H groups in total. The van der Waals surface area contributed by atoms with Gasteiger partial charge in [0.05, 0.1) is 13.2 Å². The van der Waals surface area contributed by atoms with Crippen LogP contribution in [0.1, 0.15) is 20.8 Å². The van der Waals surface area contributed by atoms with Crippen LogP contribution in [0, 0.1) is 5.82 Å². The third-order valence-corrected chi connectivity index (χ3v) is 2.78. The van der Waals surface area contributed by atoms with Crippen LogP contribution < -0.4 is 15.4 Å². The molecule has 0 amide bonds. The number of nitrogens with zero attached hydrogens (tertiary/aromatic N) is 1. The number of aliphatic imine (C=N–C) groups is 1. The Labute approximate surface area is 155 Å². The maximum Gasteiger partial charge on any atom is 0.191 e. The van der Waals surface area contributed by atoms with Gasteiger partial charge in [-0.1, -0.05) is 6.07 Å². The molecule has 7 heteroatoms. The molecule has 0 radical (unpaired) electrons. The fourth-order valence-electron chi connectivity index (χ4n) is 1.87. The molecule has 0 aromatic heterocycles. The summed E-state index contributed by atoms with van der Waals surface area (Å²) in [5.41, 5.74) is 0. The number of hydrogen-bond acceptors (Lipinski definition) is 3. The second-order valence-corrected chi connectivity index (χ2v) is 5.11. The molecule has 0 fully saturated rings. The third-order valence-electron chi connectivity index (χ3n) is 2.78. The van der Waals surface area contributed by atoms with Gasteiger partial charge in [-0.3, -0.25) is 0 Å². The SMILES string of the molecule is CCNC(=NCC(C)Oc1cccc(F)c1)NC(C)COC.I. The van der Waals surface area contributed by atoms with Crippen LogP contribution in [0.5, 0.6) is 5.75 Å². The highest BCUT2D eigenvalue weighted by atomic mass is 127. The topological polar surface area (TPSA) is 54.9 Å². The van der Waals surface area contributed by atoms with Gasteiger partial charge in [-0.25, -0.2) is 9.38 Å². The van der Waals surface area contributed by atoms with E-state index < -0.39 is 0 Å². The number of halogens is 2. The van der Waals surface area contributed by atoms with E-state index in [-0.39, 0.29) is 41.9 Å². The van der Waals surface area contributed by atoms with E-state index in [1.807, 2.05) is 20.8 Å². The first-order valence-corrected chi connectivity index (χ1v) is 7.51. The Morgan fingerprint density at radius 3 is 2.70 bits per heavy atom. The van der Waals surface area contributed by atoms with Gasteiger partial charge in [-0.15, -0.1) is 24.0 Å². The average Bonchev–Trinajstić information content (AvgIpc) is 2.45.